The fourth-order valence-electron chi connectivity index (χ4n) is 6.69. The summed E-state index contributed by atoms with van der Waals surface area (Å²) in [6.07, 6.45) is 2.55. The van der Waals surface area contributed by atoms with Crippen LogP contribution in [0, 0.1) is 18.2 Å². The Morgan fingerprint density at radius 3 is 2.23 bits per heavy atom. The molecule has 3 aromatic rings. The number of halogens is 1. The van der Waals surface area contributed by atoms with E-state index in [1.54, 1.807) is 12.1 Å². The largest absolute Gasteiger partial charge is 0.493 e. The lowest BCUT2D eigenvalue weighted by molar-refractivity contribution is -0.160. The molecule has 0 radical (unpaired) electrons. The molecule has 3 heterocycles. The van der Waals surface area contributed by atoms with Crippen molar-refractivity contribution in [3.05, 3.63) is 76.9 Å². The van der Waals surface area contributed by atoms with Crippen molar-refractivity contribution in [3.8, 4) is 16.9 Å². The van der Waals surface area contributed by atoms with Gasteiger partial charge in [-0.25, -0.2) is 9.18 Å². The van der Waals surface area contributed by atoms with Gasteiger partial charge < -0.3 is 24.6 Å². The van der Waals surface area contributed by atoms with Crippen molar-refractivity contribution in [2.45, 2.75) is 98.0 Å². The van der Waals surface area contributed by atoms with E-state index in [-0.39, 0.29) is 17.3 Å². The van der Waals surface area contributed by atoms with Crippen molar-refractivity contribution >= 4 is 11.7 Å². The zero-order valence-corrected chi connectivity index (χ0v) is 29.4. The smallest absolute Gasteiger partial charge is 0.337 e. The molecule has 1 aromatic heterocycles. The van der Waals surface area contributed by atoms with E-state index in [0.717, 1.165) is 67.1 Å². The Bertz CT molecular complexity index is 1530. The number of ether oxygens (including phenoxy) is 2. The van der Waals surface area contributed by atoms with E-state index < -0.39 is 17.7 Å². The molecule has 0 spiro atoms. The summed E-state index contributed by atoms with van der Waals surface area (Å²) in [5.74, 6) is -0.580. The molecule has 9 heteroatoms. The van der Waals surface area contributed by atoms with Gasteiger partial charge in [-0.1, -0.05) is 38.1 Å². The van der Waals surface area contributed by atoms with Crippen LogP contribution in [0.1, 0.15) is 88.9 Å². The molecule has 0 bridgehead atoms. The molecule has 8 nitrogen and oxygen atoms in total. The summed E-state index contributed by atoms with van der Waals surface area (Å²) in [5, 5.41) is 20.8. The van der Waals surface area contributed by atoms with Gasteiger partial charge in [0.2, 0.25) is 0 Å². The zero-order chi connectivity index (χ0) is 34.6. The molecular weight excluding hydrogens is 609 g/mol. The minimum Gasteiger partial charge on any atom is -0.493 e. The zero-order valence-electron chi connectivity index (χ0n) is 29.4. The minimum absolute atomic E-state index is 0.192. The van der Waals surface area contributed by atoms with E-state index in [1.165, 1.54) is 12.1 Å². The second-order valence-corrected chi connectivity index (χ2v) is 15.1. The van der Waals surface area contributed by atoms with Crippen molar-refractivity contribution in [1.29, 1.82) is 0 Å². The number of aliphatic hydroxyl groups is 1. The van der Waals surface area contributed by atoms with Crippen LogP contribution in [0.25, 0.3) is 11.1 Å². The molecule has 48 heavy (non-hydrogen) atoms. The van der Waals surface area contributed by atoms with Crippen molar-refractivity contribution in [1.82, 2.24) is 9.88 Å². The van der Waals surface area contributed by atoms with Gasteiger partial charge in [0.1, 0.15) is 11.6 Å². The number of likely N-dealkylation sites (tertiary alicyclic amines) is 1. The average Bonchev–Trinajstić information content (AvgIpc) is 3.02. The van der Waals surface area contributed by atoms with Crippen LogP contribution in [0.5, 0.6) is 5.75 Å². The monoisotopic (exact) mass is 661 g/mol. The number of piperidine rings is 2. The van der Waals surface area contributed by atoms with Gasteiger partial charge in [0, 0.05) is 56.0 Å². The summed E-state index contributed by atoms with van der Waals surface area (Å²) in [6.45, 7) is 16.3. The van der Waals surface area contributed by atoms with E-state index in [9.17, 15) is 19.4 Å². The fourth-order valence-corrected chi connectivity index (χ4v) is 6.69. The maximum absolute atomic E-state index is 13.3. The lowest BCUT2D eigenvalue weighted by atomic mass is 9.81. The summed E-state index contributed by atoms with van der Waals surface area (Å²) in [5.41, 5.74) is 5.37. The number of nitrogens with zero attached hydrogens (tertiary/aromatic N) is 3. The Morgan fingerprint density at radius 1 is 1.02 bits per heavy atom. The van der Waals surface area contributed by atoms with Gasteiger partial charge in [-0.3, -0.25) is 9.88 Å². The molecule has 0 saturated carbocycles. The highest BCUT2D eigenvalue weighted by Crippen LogP contribution is 2.45. The number of aryl methyl sites for hydroxylation is 1. The van der Waals surface area contributed by atoms with Crippen LogP contribution in [0.15, 0.2) is 48.5 Å². The normalized spacial score (nSPS) is 18.1. The van der Waals surface area contributed by atoms with Crippen molar-refractivity contribution in [2.75, 3.05) is 37.7 Å². The quantitative estimate of drug-likeness (QED) is 0.221. The number of anilines is 1. The first kappa shape index (κ1) is 35.8. The van der Waals surface area contributed by atoms with Crippen LogP contribution in [-0.2, 0) is 22.5 Å². The number of hydrogen-bond donors (Lipinski definition) is 2. The Hall–Kier alpha value is -3.53. The van der Waals surface area contributed by atoms with Gasteiger partial charge in [0.25, 0.3) is 0 Å². The second kappa shape index (κ2) is 14.9. The highest BCUT2D eigenvalue weighted by atomic mass is 19.1. The van der Waals surface area contributed by atoms with E-state index in [0.29, 0.717) is 49.4 Å². The summed E-state index contributed by atoms with van der Waals surface area (Å²) in [7, 11) is 0. The molecule has 260 valence electrons. The van der Waals surface area contributed by atoms with Crippen LogP contribution in [0.3, 0.4) is 0 Å². The third kappa shape index (κ3) is 9.12. The van der Waals surface area contributed by atoms with E-state index >= 15 is 0 Å². The van der Waals surface area contributed by atoms with Crippen LogP contribution in [-0.4, -0.2) is 70.6 Å². The van der Waals surface area contributed by atoms with Gasteiger partial charge in [-0.05, 0) is 94.2 Å². The summed E-state index contributed by atoms with van der Waals surface area (Å²) < 4.78 is 25.7. The van der Waals surface area contributed by atoms with Crippen LogP contribution in [0.4, 0.5) is 10.1 Å². The van der Waals surface area contributed by atoms with E-state index in [1.807, 2.05) is 52.0 Å². The Balaban J connectivity index is 1.58. The van der Waals surface area contributed by atoms with Crippen LogP contribution >= 0.6 is 0 Å². The molecule has 2 aromatic carbocycles. The predicted molar refractivity (Wildman–Crippen MR) is 187 cm³/mol. The number of rotatable bonds is 11. The average molecular weight is 662 g/mol. The lowest BCUT2D eigenvalue weighted by Crippen LogP contribution is -2.40. The van der Waals surface area contributed by atoms with Crippen LogP contribution < -0.4 is 9.64 Å². The Labute approximate surface area is 284 Å². The maximum atomic E-state index is 13.3. The minimum atomic E-state index is -1.20. The highest BCUT2D eigenvalue weighted by molar-refractivity contribution is 5.88. The number of carboxylic acids is 1. The van der Waals surface area contributed by atoms with Gasteiger partial charge in [-0.15, -0.1) is 0 Å². The molecular formula is C39H52FN3O5. The van der Waals surface area contributed by atoms with Gasteiger partial charge in [0.05, 0.1) is 29.7 Å². The molecule has 1 unspecified atom stereocenters. The molecule has 2 aliphatic heterocycles. The van der Waals surface area contributed by atoms with E-state index in [2.05, 4.69) is 23.6 Å². The number of carboxylic acid groups (broad SMARTS) is 1. The first-order valence-electron chi connectivity index (χ1n) is 17.3. The number of aromatic nitrogens is 1. The SMILES string of the molecule is Cc1nc(CN2CCC(O)CC2)c(-c2ccc(OCCc3ccc(F)cc3)cc2)c(N2CCC(C)(C)CC2)c1C(OC(C)(C)C)C(=O)O. The Morgan fingerprint density at radius 2 is 1.65 bits per heavy atom. The second-order valence-electron chi connectivity index (χ2n) is 15.1. The molecule has 5 rings (SSSR count). The number of carbonyl (C=O) groups is 1. The highest BCUT2D eigenvalue weighted by Gasteiger charge is 2.37. The Kier molecular flexibility index (Phi) is 11.1. The lowest BCUT2D eigenvalue weighted by Gasteiger charge is -2.41. The summed E-state index contributed by atoms with van der Waals surface area (Å²) >= 11 is 0. The molecule has 2 saturated heterocycles. The third-order valence-corrected chi connectivity index (χ3v) is 9.51. The first-order chi connectivity index (χ1) is 22.7. The standard InChI is InChI=1S/C39H52FN3O5/c1-26-33(36(37(45)46)48-38(2,3)4)35(43-22-18-39(5,6)19-23-43)34(32(41-26)25-42-20-15-30(44)16-21-42)28-9-13-31(14-10-28)47-24-17-27-7-11-29(40)12-8-27/h7-14,30,36,44H,15-25H2,1-6H3,(H,45,46). The fraction of sp³-hybridized carbons (Fsp3) is 0.538. The molecule has 2 fully saturated rings. The summed E-state index contributed by atoms with van der Waals surface area (Å²) in [4.78, 5) is 22.8. The number of benzene rings is 2. The summed E-state index contributed by atoms with van der Waals surface area (Å²) in [6, 6.07) is 14.4. The van der Waals surface area contributed by atoms with E-state index in [4.69, 9.17) is 14.5 Å². The molecule has 2 aliphatic rings. The number of pyridine rings is 1. The predicted octanol–water partition coefficient (Wildman–Crippen LogP) is 7.34. The topological polar surface area (TPSA) is 95.4 Å². The van der Waals surface area contributed by atoms with Gasteiger partial charge in [0.15, 0.2) is 6.10 Å². The van der Waals surface area contributed by atoms with Crippen molar-refractivity contribution in [3.63, 3.8) is 0 Å². The molecule has 1 atom stereocenters. The van der Waals surface area contributed by atoms with Crippen molar-refractivity contribution < 1.29 is 28.9 Å². The van der Waals surface area contributed by atoms with Crippen molar-refractivity contribution in [2.24, 2.45) is 5.41 Å². The molecule has 0 amide bonds. The molecule has 2 N–H and O–H groups in total. The number of aliphatic hydroxyl groups excluding tert-OH is 1. The number of hydrogen-bond acceptors (Lipinski definition) is 7. The first-order valence-corrected chi connectivity index (χ1v) is 17.3. The van der Waals surface area contributed by atoms with Gasteiger partial charge >= 0.3 is 5.97 Å². The van der Waals surface area contributed by atoms with Gasteiger partial charge in [-0.2, -0.15) is 0 Å². The number of aliphatic carboxylic acids is 1. The maximum Gasteiger partial charge on any atom is 0.337 e. The molecule has 0 aliphatic carbocycles. The van der Waals surface area contributed by atoms with Crippen LogP contribution in [0.2, 0.25) is 0 Å². The third-order valence-electron chi connectivity index (χ3n) is 9.51.